The molecule has 2 fully saturated rings. The molecule has 3 heterocycles. The largest absolute Gasteiger partial charge is 0.391 e. The van der Waals surface area contributed by atoms with E-state index in [9.17, 15) is 15.3 Å². The minimum atomic E-state index is -0.845. The van der Waals surface area contributed by atoms with E-state index in [1.165, 1.54) is 0 Å². The molecule has 2 saturated heterocycles. The molecule has 3 rings (SSSR count). The molecular formula is C10H17N3O3. The van der Waals surface area contributed by atoms with Crippen molar-refractivity contribution in [2.24, 2.45) is 5.10 Å². The van der Waals surface area contributed by atoms with Gasteiger partial charge in [-0.05, 0) is 0 Å². The van der Waals surface area contributed by atoms with E-state index < -0.39 is 18.3 Å². The molecule has 3 N–H and O–H groups in total. The van der Waals surface area contributed by atoms with Crippen LogP contribution >= 0.6 is 0 Å². The molecule has 0 aliphatic carbocycles. The van der Waals surface area contributed by atoms with Gasteiger partial charge in [-0.2, -0.15) is 5.10 Å². The molecule has 6 heteroatoms. The van der Waals surface area contributed by atoms with Crippen molar-refractivity contribution in [3.63, 3.8) is 0 Å². The number of likely N-dealkylation sites (N-methyl/N-ethyl adjacent to an activating group) is 1. The van der Waals surface area contributed by atoms with Gasteiger partial charge in [-0.15, -0.1) is 0 Å². The Morgan fingerprint density at radius 2 is 1.94 bits per heavy atom. The third-order valence-electron chi connectivity index (χ3n) is 3.86. The second-order valence-electron chi connectivity index (χ2n) is 4.96. The van der Waals surface area contributed by atoms with Crippen molar-refractivity contribution in [3.8, 4) is 0 Å². The SMILES string of the molecule is CN1CC2C(=N1)C[C@@H](O)[C@@H]1[C@H](O)[C@H](O)CN21. The highest BCUT2D eigenvalue weighted by molar-refractivity contribution is 5.92. The first-order valence-corrected chi connectivity index (χ1v) is 5.66. The lowest BCUT2D eigenvalue weighted by Gasteiger charge is -2.39. The average molecular weight is 227 g/mol. The predicted octanol–water partition coefficient (Wildman–Crippen LogP) is -2.17. The Balaban J connectivity index is 1.90. The fraction of sp³-hybridized carbons (Fsp3) is 0.900. The van der Waals surface area contributed by atoms with Crippen LogP contribution in [-0.4, -0.2) is 81.5 Å². The maximum atomic E-state index is 9.99. The normalized spacial score (nSPS) is 47.9. The minimum Gasteiger partial charge on any atom is -0.391 e. The average Bonchev–Trinajstić information content (AvgIpc) is 2.69. The topological polar surface area (TPSA) is 79.5 Å². The summed E-state index contributed by atoms with van der Waals surface area (Å²) in [4.78, 5) is 1.99. The molecule has 0 aromatic rings. The number of hydrogen-bond donors (Lipinski definition) is 3. The maximum absolute atomic E-state index is 9.99. The van der Waals surface area contributed by atoms with E-state index in [2.05, 4.69) is 5.10 Å². The summed E-state index contributed by atoms with van der Waals surface area (Å²) in [5, 5.41) is 35.7. The van der Waals surface area contributed by atoms with Gasteiger partial charge in [0.1, 0.15) is 0 Å². The highest BCUT2D eigenvalue weighted by atomic mass is 16.3. The van der Waals surface area contributed by atoms with Crippen molar-refractivity contribution in [3.05, 3.63) is 0 Å². The van der Waals surface area contributed by atoms with Gasteiger partial charge in [-0.3, -0.25) is 9.91 Å². The second kappa shape index (κ2) is 3.40. The number of aliphatic hydroxyl groups excluding tert-OH is 3. The fourth-order valence-corrected chi connectivity index (χ4v) is 3.14. The fourth-order valence-electron chi connectivity index (χ4n) is 3.14. The van der Waals surface area contributed by atoms with Gasteiger partial charge >= 0.3 is 0 Å². The van der Waals surface area contributed by atoms with Gasteiger partial charge < -0.3 is 15.3 Å². The second-order valence-corrected chi connectivity index (χ2v) is 4.96. The number of nitrogens with zero attached hydrogens (tertiary/aromatic N) is 3. The summed E-state index contributed by atoms with van der Waals surface area (Å²) in [7, 11) is 1.90. The van der Waals surface area contributed by atoms with Gasteiger partial charge in [-0.25, -0.2) is 0 Å². The molecule has 0 amide bonds. The van der Waals surface area contributed by atoms with Crippen molar-refractivity contribution in [2.45, 2.75) is 36.8 Å². The van der Waals surface area contributed by atoms with Crippen molar-refractivity contribution >= 4 is 5.71 Å². The smallest absolute Gasteiger partial charge is 0.0991 e. The molecule has 3 aliphatic heterocycles. The van der Waals surface area contributed by atoms with Crippen LogP contribution in [0.4, 0.5) is 0 Å². The van der Waals surface area contributed by atoms with Crippen molar-refractivity contribution < 1.29 is 15.3 Å². The van der Waals surface area contributed by atoms with Crippen LogP contribution in [0.1, 0.15) is 6.42 Å². The highest BCUT2D eigenvalue weighted by Crippen LogP contribution is 2.33. The molecule has 1 unspecified atom stereocenters. The molecule has 0 spiro atoms. The number of hydrogen-bond acceptors (Lipinski definition) is 6. The number of aliphatic hydroxyl groups is 3. The Kier molecular flexibility index (Phi) is 2.22. The van der Waals surface area contributed by atoms with Crippen LogP contribution in [0, 0.1) is 0 Å². The summed E-state index contributed by atoms with van der Waals surface area (Å²) in [5.41, 5.74) is 0.965. The van der Waals surface area contributed by atoms with E-state index in [-0.39, 0.29) is 12.1 Å². The Hall–Kier alpha value is -0.690. The molecule has 0 aromatic heterocycles. The molecule has 0 aromatic carbocycles. The van der Waals surface area contributed by atoms with Crippen LogP contribution in [-0.2, 0) is 0 Å². The van der Waals surface area contributed by atoms with Gasteiger partial charge in [0.25, 0.3) is 0 Å². The van der Waals surface area contributed by atoms with Crippen LogP contribution < -0.4 is 0 Å². The van der Waals surface area contributed by atoms with E-state index in [0.29, 0.717) is 13.0 Å². The van der Waals surface area contributed by atoms with E-state index in [1.54, 1.807) is 0 Å². The monoisotopic (exact) mass is 227 g/mol. The highest BCUT2D eigenvalue weighted by Gasteiger charge is 2.52. The van der Waals surface area contributed by atoms with Crippen molar-refractivity contribution in [1.29, 1.82) is 0 Å². The zero-order valence-electron chi connectivity index (χ0n) is 9.19. The van der Waals surface area contributed by atoms with Gasteiger partial charge in [-0.1, -0.05) is 0 Å². The molecule has 6 nitrogen and oxygen atoms in total. The van der Waals surface area contributed by atoms with Crippen molar-refractivity contribution in [2.75, 3.05) is 20.1 Å². The maximum Gasteiger partial charge on any atom is 0.0991 e. The lowest BCUT2D eigenvalue weighted by molar-refractivity contribution is -0.0188. The molecule has 0 saturated carbocycles. The van der Waals surface area contributed by atoms with E-state index in [1.807, 2.05) is 17.0 Å². The molecular weight excluding hydrogens is 210 g/mol. The first-order valence-electron chi connectivity index (χ1n) is 5.66. The molecule has 90 valence electrons. The van der Waals surface area contributed by atoms with Crippen LogP contribution in [0.15, 0.2) is 5.10 Å². The summed E-state index contributed by atoms with van der Waals surface area (Å²) in [6, 6.07) is -0.198. The summed E-state index contributed by atoms with van der Waals surface area (Å²) in [5.74, 6) is 0. The van der Waals surface area contributed by atoms with Crippen LogP contribution in [0.3, 0.4) is 0 Å². The predicted molar refractivity (Wildman–Crippen MR) is 57.0 cm³/mol. The molecule has 16 heavy (non-hydrogen) atoms. The summed E-state index contributed by atoms with van der Waals surface area (Å²) in [6.45, 7) is 1.19. The van der Waals surface area contributed by atoms with Crippen molar-refractivity contribution in [1.82, 2.24) is 9.91 Å². The zero-order valence-corrected chi connectivity index (χ0v) is 9.19. The quantitative estimate of drug-likeness (QED) is 0.439. The van der Waals surface area contributed by atoms with E-state index >= 15 is 0 Å². The first kappa shape index (κ1) is 10.5. The minimum absolute atomic E-state index is 0.144. The van der Waals surface area contributed by atoms with Gasteiger partial charge in [0.15, 0.2) is 0 Å². The van der Waals surface area contributed by atoms with E-state index in [4.69, 9.17) is 0 Å². The standard InChI is InChI=1S/C10H17N3O3/c1-12-3-6-5(11-12)2-7(14)9-10(16)8(15)4-13(6)9/h6-10,14-16H,2-4H2,1H3/t6?,7-,8-,9-,10-/m1/s1. The molecule has 0 bridgehead atoms. The van der Waals surface area contributed by atoms with Gasteiger partial charge in [0.2, 0.25) is 0 Å². The summed E-state index contributed by atoms with van der Waals surface area (Å²) < 4.78 is 0. The zero-order chi connectivity index (χ0) is 11.4. The lowest BCUT2D eigenvalue weighted by Crippen LogP contribution is -2.57. The lowest BCUT2D eigenvalue weighted by atomic mass is 9.91. The Morgan fingerprint density at radius 3 is 2.69 bits per heavy atom. The number of fused-ring (bicyclic) bond motifs is 3. The van der Waals surface area contributed by atoms with Crippen LogP contribution in [0.2, 0.25) is 0 Å². The summed E-state index contributed by atoms with van der Waals surface area (Å²) >= 11 is 0. The Labute approximate surface area is 93.8 Å². The summed E-state index contributed by atoms with van der Waals surface area (Å²) in [6.07, 6.45) is -1.74. The number of rotatable bonds is 0. The van der Waals surface area contributed by atoms with Gasteiger partial charge in [0, 0.05) is 20.0 Å². The Bertz CT molecular complexity index is 335. The van der Waals surface area contributed by atoms with Crippen LogP contribution in [0.25, 0.3) is 0 Å². The third-order valence-corrected chi connectivity index (χ3v) is 3.86. The first-order chi connectivity index (χ1) is 7.58. The van der Waals surface area contributed by atoms with Crippen LogP contribution in [0.5, 0.6) is 0 Å². The van der Waals surface area contributed by atoms with Gasteiger partial charge in [0.05, 0.1) is 42.7 Å². The molecule has 5 atom stereocenters. The number of piperidine rings is 1. The van der Waals surface area contributed by atoms with E-state index in [0.717, 1.165) is 12.3 Å². The molecule has 0 radical (unpaired) electrons. The Morgan fingerprint density at radius 1 is 1.19 bits per heavy atom. The molecule has 3 aliphatic rings. The third kappa shape index (κ3) is 1.31. The number of hydrazone groups is 1.